The highest BCUT2D eigenvalue weighted by molar-refractivity contribution is 6.36. The molecule has 1 atom stereocenters. The monoisotopic (exact) mass is 407 g/mol. The minimum absolute atomic E-state index is 0.0987. The van der Waals surface area contributed by atoms with E-state index in [0.29, 0.717) is 34.9 Å². The van der Waals surface area contributed by atoms with Gasteiger partial charge in [-0.15, -0.1) is 0 Å². The van der Waals surface area contributed by atoms with Crippen molar-refractivity contribution in [3.8, 4) is 11.5 Å². The largest absolute Gasteiger partial charge is 0.497 e. The number of amidine groups is 1. The molecule has 1 unspecified atom stereocenters. The Labute approximate surface area is 175 Å². The van der Waals surface area contributed by atoms with E-state index >= 15 is 0 Å². The normalized spacial score (nSPS) is 22.9. The van der Waals surface area contributed by atoms with Crippen molar-refractivity contribution in [1.29, 1.82) is 5.41 Å². The number of hydrogen-bond donors (Lipinski definition) is 3. The first-order valence-electron chi connectivity index (χ1n) is 9.79. The smallest absolute Gasteiger partial charge is 0.194 e. The lowest BCUT2D eigenvalue weighted by Crippen LogP contribution is -2.48. The van der Waals surface area contributed by atoms with Gasteiger partial charge >= 0.3 is 0 Å². The highest BCUT2D eigenvalue weighted by Gasteiger charge is 2.52. The number of carbonyl (C=O) groups excluding carboxylic acids is 1. The fraction of sp³-hybridized carbons (Fsp3) is 0.304. The number of Topliss-reactive ketones (excluding diaryl/α,β-unsaturated/α-hetero) is 1. The Hall–Kier alpha value is -3.32. The summed E-state index contributed by atoms with van der Waals surface area (Å²) in [4.78, 5) is 15.3. The lowest BCUT2D eigenvalue weighted by molar-refractivity contribution is -0.119. The summed E-state index contributed by atoms with van der Waals surface area (Å²) in [6.07, 6.45) is 0.752. The SMILES string of the molecule is COc1cc(OC)cc(N2C(=N)C(=C3Cc4ccccc4N3)C(=O)C2(C)CCO)c1. The Morgan fingerprint density at radius 1 is 1.17 bits per heavy atom. The summed E-state index contributed by atoms with van der Waals surface area (Å²) in [6, 6.07) is 13.1. The first kappa shape index (κ1) is 20.0. The van der Waals surface area contributed by atoms with Gasteiger partial charge in [-0.05, 0) is 18.6 Å². The van der Waals surface area contributed by atoms with Gasteiger partial charge in [0.2, 0.25) is 0 Å². The zero-order valence-electron chi connectivity index (χ0n) is 17.3. The van der Waals surface area contributed by atoms with Crippen molar-refractivity contribution in [2.75, 3.05) is 31.0 Å². The van der Waals surface area contributed by atoms with Crippen LogP contribution in [0.1, 0.15) is 18.9 Å². The number of nitrogens with one attached hydrogen (secondary N) is 2. The Bertz CT molecular complexity index is 1010. The third-order valence-corrected chi connectivity index (χ3v) is 5.84. The fourth-order valence-corrected chi connectivity index (χ4v) is 4.24. The van der Waals surface area contributed by atoms with Gasteiger partial charge in [-0.3, -0.25) is 10.2 Å². The molecule has 30 heavy (non-hydrogen) atoms. The maximum atomic E-state index is 13.6. The van der Waals surface area contributed by atoms with E-state index in [-0.39, 0.29) is 24.6 Å². The molecular weight excluding hydrogens is 382 g/mol. The number of aliphatic hydroxyl groups excluding tert-OH is 1. The van der Waals surface area contributed by atoms with Crippen molar-refractivity contribution in [2.24, 2.45) is 0 Å². The minimum Gasteiger partial charge on any atom is -0.497 e. The second-order valence-corrected chi connectivity index (χ2v) is 7.64. The first-order valence-corrected chi connectivity index (χ1v) is 9.79. The Balaban J connectivity index is 1.85. The Kier molecular flexibility index (Phi) is 4.99. The van der Waals surface area contributed by atoms with Crippen molar-refractivity contribution < 1.29 is 19.4 Å². The number of carbonyl (C=O) groups is 1. The third-order valence-electron chi connectivity index (χ3n) is 5.84. The number of benzene rings is 2. The van der Waals surface area contributed by atoms with E-state index in [1.165, 1.54) is 0 Å². The fourth-order valence-electron chi connectivity index (χ4n) is 4.24. The van der Waals surface area contributed by atoms with Crippen LogP contribution in [0.3, 0.4) is 0 Å². The van der Waals surface area contributed by atoms with Gasteiger partial charge in [-0.25, -0.2) is 0 Å². The van der Waals surface area contributed by atoms with Gasteiger partial charge in [0.05, 0.1) is 25.5 Å². The molecule has 0 saturated carbocycles. The second kappa shape index (κ2) is 7.50. The molecule has 0 aromatic heterocycles. The van der Waals surface area contributed by atoms with Crippen LogP contribution in [0.5, 0.6) is 11.5 Å². The summed E-state index contributed by atoms with van der Waals surface area (Å²) >= 11 is 0. The van der Waals surface area contributed by atoms with Gasteiger partial charge in [0.25, 0.3) is 0 Å². The predicted molar refractivity (Wildman–Crippen MR) is 116 cm³/mol. The summed E-state index contributed by atoms with van der Waals surface area (Å²) in [5, 5.41) is 22.0. The topological polar surface area (TPSA) is 94.9 Å². The number of ether oxygens (including phenoxy) is 2. The number of methoxy groups -OCH3 is 2. The molecule has 2 aliphatic rings. The summed E-state index contributed by atoms with van der Waals surface area (Å²) in [6.45, 7) is 1.59. The quantitative estimate of drug-likeness (QED) is 0.659. The van der Waals surface area contributed by atoms with Gasteiger partial charge in [-0.1, -0.05) is 18.2 Å². The van der Waals surface area contributed by atoms with Crippen LogP contribution in [0.25, 0.3) is 0 Å². The molecule has 7 heteroatoms. The number of para-hydroxylation sites is 1. The molecule has 0 radical (unpaired) electrons. The molecular formula is C23H25N3O4. The molecule has 4 rings (SSSR count). The van der Waals surface area contributed by atoms with Crippen LogP contribution in [-0.4, -0.2) is 43.1 Å². The van der Waals surface area contributed by atoms with Crippen molar-refractivity contribution in [1.82, 2.24) is 0 Å². The van der Waals surface area contributed by atoms with Crippen molar-refractivity contribution >= 4 is 23.0 Å². The number of aliphatic hydroxyl groups is 1. The molecule has 1 saturated heterocycles. The van der Waals surface area contributed by atoms with E-state index in [9.17, 15) is 9.90 Å². The van der Waals surface area contributed by atoms with Gasteiger partial charge in [0.15, 0.2) is 5.78 Å². The van der Waals surface area contributed by atoms with Crippen molar-refractivity contribution in [2.45, 2.75) is 25.3 Å². The number of allylic oxidation sites excluding steroid dienone is 1. The van der Waals surface area contributed by atoms with Gasteiger partial charge < -0.3 is 24.8 Å². The first-order chi connectivity index (χ1) is 14.4. The molecule has 2 aromatic carbocycles. The minimum atomic E-state index is -1.10. The molecule has 156 valence electrons. The summed E-state index contributed by atoms with van der Waals surface area (Å²) < 4.78 is 10.8. The molecule has 7 nitrogen and oxygen atoms in total. The van der Waals surface area contributed by atoms with Crippen LogP contribution in [-0.2, 0) is 11.2 Å². The van der Waals surface area contributed by atoms with Crippen LogP contribution in [0.15, 0.2) is 53.7 Å². The molecule has 2 aromatic rings. The zero-order valence-corrected chi connectivity index (χ0v) is 17.3. The van der Waals surface area contributed by atoms with E-state index < -0.39 is 5.54 Å². The van der Waals surface area contributed by atoms with Crippen molar-refractivity contribution in [3.63, 3.8) is 0 Å². The summed E-state index contributed by atoms with van der Waals surface area (Å²) in [7, 11) is 3.11. The molecule has 0 amide bonds. The van der Waals surface area contributed by atoms with E-state index in [1.54, 1.807) is 44.2 Å². The van der Waals surface area contributed by atoms with Crippen LogP contribution in [0.4, 0.5) is 11.4 Å². The number of anilines is 2. The van der Waals surface area contributed by atoms with Crippen LogP contribution < -0.4 is 19.7 Å². The molecule has 0 spiro atoms. The summed E-state index contributed by atoms with van der Waals surface area (Å²) in [5.74, 6) is 1.03. The van der Waals surface area contributed by atoms with Crippen LogP contribution in [0.2, 0.25) is 0 Å². The second-order valence-electron chi connectivity index (χ2n) is 7.64. The van der Waals surface area contributed by atoms with Crippen LogP contribution in [0, 0.1) is 5.41 Å². The van der Waals surface area contributed by atoms with Crippen molar-refractivity contribution in [3.05, 3.63) is 59.3 Å². The lowest BCUT2D eigenvalue weighted by atomic mass is 9.90. The van der Waals surface area contributed by atoms with Gasteiger partial charge in [-0.2, -0.15) is 0 Å². The summed E-state index contributed by atoms with van der Waals surface area (Å²) in [5.41, 5.74) is 2.61. The molecule has 3 N–H and O–H groups in total. The molecule has 2 heterocycles. The zero-order chi connectivity index (χ0) is 21.5. The molecule has 0 aliphatic carbocycles. The highest BCUT2D eigenvalue weighted by Crippen LogP contribution is 2.43. The number of nitrogens with zero attached hydrogens (tertiary/aromatic N) is 1. The van der Waals surface area contributed by atoms with E-state index in [4.69, 9.17) is 14.9 Å². The predicted octanol–water partition coefficient (Wildman–Crippen LogP) is 3.13. The Morgan fingerprint density at radius 2 is 1.83 bits per heavy atom. The lowest BCUT2D eigenvalue weighted by Gasteiger charge is -2.34. The van der Waals surface area contributed by atoms with Gasteiger partial charge in [0, 0.05) is 49.0 Å². The highest BCUT2D eigenvalue weighted by atomic mass is 16.5. The van der Waals surface area contributed by atoms with E-state index in [1.807, 2.05) is 24.3 Å². The van der Waals surface area contributed by atoms with Crippen LogP contribution >= 0.6 is 0 Å². The third kappa shape index (κ3) is 3.02. The maximum absolute atomic E-state index is 13.6. The number of rotatable bonds is 5. The average Bonchev–Trinajstić information content (AvgIpc) is 3.24. The van der Waals surface area contributed by atoms with Gasteiger partial charge in [0.1, 0.15) is 22.9 Å². The van der Waals surface area contributed by atoms with E-state index in [0.717, 1.165) is 11.3 Å². The molecule has 1 fully saturated rings. The van der Waals surface area contributed by atoms with E-state index in [2.05, 4.69) is 5.32 Å². The Morgan fingerprint density at radius 3 is 2.43 bits per heavy atom. The molecule has 2 aliphatic heterocycles. The number of hydrogen-bond acceptors (Lipinski definition) is 6. The average molecular weight is 407 g/mol. The number of ketones is 1. The molecule has 0 bridgehead atoms. The standard InChI is InChI=1S/C23H25N3O4/c1-23(8-9-27)21(28)20(19-10-14-6-4-5-7-18(14)25-19)22(24)26(23)15-11-16(29-2)13-17(12-15)30-3/h4-7,11-13,24-25,27H,8-10H2,1-3H3. The maximum Gasteiger partial charge on any atom is 0.194 e. The number of fused-ring (bicyclic) bond motifs is 1.